The molecule has 2 saturated heterocycles. The average Bonchev–Trinajstić information content (AvgIpc) is 2.87. The molecule has 2 fully saturated rings. The Morgan fingerprint density at radius 3 is 2.50 bits per heavy atom. The van der Waals surface area contributed by atoms with Crippen molar-refractivity contribution in [3.8, 4) is 0 Å². The first-order chi connectivity index (χ1) is 8.63. The molecule has 2 rings (SSSR count). The molecule has 0 bridgehead atoms. The first-order valence-corrected chi connectivity index (χ1v) is 6.39. The van der Waals surface area contributed by atoms with Crippen LogP contribution in [0, 0.1) is 11.8 Å². The third kappa shape index (κ3) is 2.56. The Hall–Kier alpha value is -1.36. The topological polar surface area (TPSA) is 66.8 Å². The number of carboxylic acids is 1. The van der Waals surface area contributed by atoms with E-state index >= 15 is 0 Å². The van der Waals surface area contributed by atoms with Crippen LogP contribution >= 0.6 is 0 Å². The summed E-state index contributed by atoms with van der Waals surface area (Å²) in [5.41, 5.74) is 0. The highest BCUT2D eigenvalue weighted by Gasteiger charge is 2.40. The molecule has 2 aliphatic rings. The minimum absolute atomic E-state index is 0.0458. The fraction of sp³-hybridized carbons (Fsp3) is 0.692. The van der Waals surface area contributed by atoms with Crippen molar-refractivity contribution in [1.82, 2.24) is 4.90 Å². The van der Waals surface area contributed by atoms with Gasteiger partial charge in [-0.2, -0.15) is 0 Å². The minimum Gasteiger partial charge on any atom is -0.481 e. The Kier molecular flexibility index (Phi) is 4.01. The van der Waals surface area contributed by atoms with E-state index < -0.39 is 5.97 Å². The van der Waals surface area contributed by atoms with E-state index in [2.05, 4.69) is 6.58 Å². The van der Waals surface area contributed by atoms with Gasteiger partial charge in [0.15, 0.2) is 0 Å². The van der Waals surface area contributed by atoms with E-state index in [1.807, 2.05) is 0 Å². The summed E-state index contributed by atoms with van der Waals surface area (Å²) in [7, 11) is 0. The number of hydrogen-bond donors (Lipinski definition) is 1. The Bertz CT molecular complexity index is 347. The van der Waals surface area contributed by atoms with Crippen molar-refractivity contribution in [2.24, 2.45) is 11.8 Å². The third-order valence-electron chi connectivity index (χ3n) is 3.94. The van der Waals surface area contributed by atoms with Gasteiger partial charge in [0.05, 0.1) is 12.0 Å². The second kappa shape index (κ2) is 5.52. The predicted molar refractivity (Wildman–Crippen MR) is 65.0 cm³/mol. The van der Waals surface area contributed by atoms with E-state index in [1.54, 1.807) is 4.90 Å². The minimum atomic E-state index is -0.762. The number of likely N-dealkylation sites (tertiary alicyclic amines) is 1. The lowest BCUT2D eigenvalue weighted by Crippen LogP contribution is -2.42. The second-order valence-corrected chi connectivity index (χ2v) is 4.94. The van der Waals surface area contributed by atoms with E-state index in [-0.39, 0.29) is 23.8 Å². The summed E-state index contributed by atoms with van der Waals surface area (Å²) in [6.45, 7) is 5.35. The van der Waals surface area contributed by atoms with Gasteiger partial charge in [-0.05, 0) is 31.3 Å². The number of aliphatic carboxylic acids is 1. The summed E-state index contributed by atoms with van der Waals surface area (Å²) in [4.78, 5) is 24.3. The SMILES string of the molecule is C=CC(=O)N1CCC([C@@H]2OCC[C@H]2C(=O)O)CC1. The van der Waals surface area contributed by atoms with Crippen LogP contribution in [0.2, 0.25) is 0 Å². The molecule has 100 valence electrons. The summed E-state index contributed by atoms with van der Waals surface area (Å²) < 4.78 is 5.58. The van der Waals surface area contributed by atoms with Crippen molar-refractivity contribution in [1.29, 1.82) is 0 Å². The summed E-state index contributed by atoms with van der Waals surface area (Å²) in [5.74, 6) is -0.934. The maximum atomic E-state index is 11.4. The number of carbonyl (C=O) groups excluding carboxylic acids is 1. The van der Waals surface area contributed by atoms with Crippen LogP contribution in [-0.4, -0.2) is 47.7 Å². The first kappa shape index (κ1) is 13.1. The fourth-order valence-corrected chi connectivity index (χ4v) is 2.92. The van der Waals surface area contributed by atoms with Crippen molar-refractivity contribution >= 4 is 11.9 Å². The molecule has 18 heavy (non-hydrogen) atoms. The molecule has 0 saturated carbocycles. The summed E-state index contributed by atoms with van der Waals surface area (Å²) in [5, 5.41) is 9.13. The van der Waals surface area contributed by atoms with Crippen molar-refractivity contribution in [3.05, 3.63) is 12.7 Å². The summed E-state index contributed by atoms with van der Waals surface area (Å²) >= 11 is 0. The zero-order valence-corrected chi connectivity index (χ0v) is 10.4. The molecule has 0 aromatic heterocycles. The van der Waals surface area contributed by atoms with Gasteiger partial charge < -0.3 is 14.7 Å². The van der Waals surface area contributed by atoms with Gasteiger partial charge in [0, 0.05) is 19.7 Å². The van der Waals surface area contributed by atoms with Crippen LogP contribution in [0.3, 0.4) is 0 Å². The van der Waals surface area contributed by atoms with E-state index in [9.17, 15) is 9.59 Å². The number of carboxylic acid groups (broad SMARTS) is 1. The molecule has 0 aromatic rings. The molecule has 0 aromatic carbocycles. The number of rotatable bonds is 3. The van der Waals surface area contributed by atoms with Crippen LogP contribution in [0.5, 0.6) is 0 Å². The molecule has 1 N–H and O–H groups in total. The lowest BCUT2D eigenvalue weighted by atomic mass is 9.84. The highest BCUT2D eigenvalue weighted by Crippen LogP contribution is 2.33. The number of carbonyl (C=O) groups is 2. The van der Waals surface area contributed by atoms with Gasteiger partial charge in [-0.15, -0.1) is 0 Å². The van der Waals surface area contributed by atoms with Crippen LogP contribution < -0.4 is 0 Å². The van der Waals surface area contributed by atoms with Crippen molar-refractivity contribution in [3.63, 3.8) is 0 Å². The van der Waals surface area contributed by atoms with E-state index in [0.29, 0.717) is 26.1 Å². The normalized spacial score (nSPS) is 29.2. The zero-order valence-electron chi connectivity index (χ0n) is 10.4. The van der Waals surface area contributed by atoms with Gasteiger partial charge in [-0.25, -0.2) is 0 Å². The van der Waals surface area contributed by atoms with Crippen LogP contribution in [0.1, 0.15) is 19.3 Å². The highest BCUT2D eigenvalue weighted by molar-refractivity contribution is 5.87. The molecule has 0 aliphatic carbocycles. The van der Waals surface area contributed by atoms with Crippen LogP contribution in [0.25, 0.3) is 0 Å². The Morgan fingerprint density at radius 2 is 1.94 bits per heavy atom. The Labute approximate surface area is 106 Å². The maximum Gasteiger partial charge on any atom is 0.309 e. The lowest BCUT2D eigenvalue weighted by Gasteiger charge is -2.35. The average molecular weight is 253 g/mol. The van der Waals surface area contributed by atoms with Crippen LogP contribution in [0.15, 0.2) is 12.7 Å². The molecule has 2 aliphatic heterocycles. The van der Waals surface area contributed by atoms with E-state index in [1.165, 1.54) is 6.08 Å². The number of amides is 1. The molecule has 2 atom stereocenters. The van der Waals surface area contributed by atoms with Crippen molar-refractivity contribution in [2.75, 3.05) is 19.7 Å². The quantitative estimate of drug-likeness (QED) is 0.759. The number of ether oxygens (including phenoxy) is 1. The van der Waals surface area contributed by atoms with Gasteiger partial charge in [0.2, 0.25) is 5.91 Å². The number of hydrogen-bond acceptors (Lipinski definition) is 3. The van der Waals surface area contributed by atoms with Crippen LogP contribution in [-0.2, 0) is 14.3 Å². The van der Waals surface area contributed by atoms with Gasteiger partial charge in [0.25, 0.3) is 0 Å². The number of piperidine rings is 1. The van der Waals surface area contributed by atoms with Gasteiger partial charge >= 0.3 is 5.97 Å². The van der Waals surface area contributed by atoms with Gasteiger partial charge in [-0.3, -0.25) is 9.59 Å². The molecule has 5 nitrogen and oxygen atoms in total. The van der Waals surface area contributed by atoms with Crippen molar-refractivity contribution in [2.45, 2.75) is 25.4 Å². The largest absolute Gasteiger partial charge is 0.481 e. The molecule has 1 amide bonds. The summed E-state index contributed by atoms with van der Waals surface area (Å²) in [6, 6.07) is 0. The predicted octanol–water partition coefficient (Wildman–Crippen LogP) is 0.901. The molecular formula is C13H19NO4. The van der Waals surface area contributed by atoms with E-state index in [0.717, 1.165) is 12.8 Å². The summed E-state index contributed by atoms with van der Waals surface area (Å²) in [6.07, 6.45) is 3.38. The number of nitrogens with zero attached hydrogens (tertiary/aromatic N) is 1. The van der Waals surface area contributed by atoms with Crippen LogP contribution in [0.4, 0.5) is 0 Å². The lowest BCUT2D eigenvalue weighted by molar-refractivity contribution is -0.145. The second-order valence-electron chi connectivity index (χ2n) is 4.94. The first-order valence-electron chi connectivity index (χ1n) is 6.39. The molecular weight excluding hydrogens is 234 g/mol. The third-order valence-corrected chi connectivity index (χ3v) is 3.94. The Morgan fingerprint density at radius 1 is 1.28 bits per heavy atom. The molecule has 0 unspecified atom stereocenters. The smallest absolute Gasteiger partial charge is 0.309 e. The monoisotopic (exact) mass is 253 g/mol. The van der Waals surface area contributed by atoms with Crippen molar-refractivity contribution < 1.29 is 19.4 Å². The molecule has 5 heteroatoms. The zero-order chi connectivity index (χ0) is 13.1. The molecule has 0 spiro atoms. The molecule has 2 heterocycles. The highest BCUT2D eigenvalue weighted by atomic mass is 16.5. The van der Waals surface area contributed by atoms with Gasteiger partial charge in [0.1, 0.15) is 0 Å². The van der Waals surface area contributed by atoms with Gasteiger partial charge in [-0.1, -0.05) is 6.58 Å². The maximum absolute atomic E-state index is 11.4. The fourth-order valence-electron chi connectivity index (χ4n) is 2.92. The standard InChI is InChI=1S/C13H19NO4/c1-2-11(15)14-6-3-9(4-7-14)12-10(13(16)17)5-8-18-12/h2,9-10,12H,1,3-8H2,(H,16,17)/t10-,12+/m1/s1. The molecule has 0 radical (unpaired) electrons. The van der Waals surface area contributed by atoms with E-state index in [4.69, 9.17) is 9.84 Å². The Balaban J connectivity index is 1.91.